The molecule has 3 aliphatic rings. The number of anilines is 5. The third kappa shape index (κ3) is 8.17. The fourth-order valence-corrected chi connectivity index (χ4v) is 7.46. The number of aliphatic hydroxyl groups is 1. The summed E-state index contributed by atoms with van der Waals surface area (Å²) in [6.45, 7) is 12.0. The zero-order chi connectivity index (χ0) is 35.4. The van der Waals surface area contributed by atoms with E-state index in [0.717, 1.165) is 68.9 Å². The molecule has 4 N–H and O–H groups in total. The molecule has 3 aromatic rings. The van der Waals surface area contributed by atoms with Crippen LogP contribution in [0, 0.1) is 11.6 Å². The predicted molar refractivity (Wildman–Crippen MR) is 192 cm³/mol. The highest BCUT2D eigenvalue weighted by Crippen LogP contribution is 2.40. The molecule has 3 heterocycles. The van der Waals surface area contributed by atoms with E-state index in [1.807, 2.05) is 12.1 Å². The first-order valence-corrected chi connectivity index (χ1v) is 17.5. The minimum absolute atomic E-state index is 0.0799. The van der Waals surface area contributed by atoms with Crippen molar-refractivity contribution >= 4 is 34.6 Å². The van der Waals surface area contributed by atoms with Crippen LogP contribution in [0.3, 0.4) is 0 Å². The topological polar surface area (TPSA) is 118 Å². The van der Waals surface area contributed by atoms with Crippen molar-refractivity contribution in [1.29, 1.82) is 0 Å². The second-order valence-corrected chi connectivity index (χ2v) is 13.6. The SMILES string of the molecule is C=CC(=O)Nc1cc(Nc2cc(N[C@H](CCO)c3cc(F)ccc3F)ncn2)c(OC)cc1N1CCC(N2C[C@@H](C)N(C3CC3)C[C@H]2C)CC1. The Labute approximate surface area is 292 Å². The Morgan fingerprint density at radius 1 is 1.00 bits per heavy atom. The van der Waals surface area contributed by atoms with Crippen molar-refractivity contribution in [3.63, 3.8) is 0 Å². The Balaban J connectivity index is 1.19. The summed E-state index contributed by atoms with van der Waals surface area (Å²) in [5, 5.41) is 19.0. The van der Waals surface area contributed by atoms with Gasteiger partial charge in [0.25, 0.3) is 0 Å². The molecule has 2 saturated heterocycles. The van der Waals surface area contributed by atoms with Gasteiger partial charge in [-0.25, -0.2) is 18.7 Å². The number of carbonyl (C=O) groups excluding carboxylic acids is 1. The van der Waals surface area contributed by atoms with E-state index in [2.05, 4.69) is 61.0 Å². The van der Waals surface area contributed by atoms with Gasteiger partial charge in [-0.2, -0.15) is 0 Å². The quantitative estimate of drug-likeness (QED) is 0.167. The smallest absolute Gasteiger partial charge is 0.247 e. The Morgan fingerprint density at radius 3 is 2.32 bits per heavy atom. The Hall–Kier alpha value is -4.33. The van der Waals surface area contributed by atoms with E-state index in [9.17, 15) is 18.7 Å². The molecule has 0 spiro atoms. The van der Waals surface area contributed by atoms with Crippen molar-refractivity contribution in [2.45, 2.75) is 76.2 Å². The molecule has 0 radical (unpaired) electrons. The number of piperidine rings is 1. The molecule has 1 saturated carbocycles. The molecule has 0 bridgehead atoms. The standard InChI is InChI=1S/C37H48F2N8O3/c1-5-37(49)44-31-17-32(43-36-19-35(40-22-41-36)42-30(12-15-48)28-16-25(38)6-9-29(28)39)34(50-4)18-33(31)45-13-10-27(11-14-45)47-21-23(2)46(20-24(47)3)26-7-8-26/h5-6,9,16-19,22-24,26-27,30,48H,1,7-8,10-15,20-21H2,2-4H3,(H,44,49)(H2,40,41,42,43)/t23-,24-,30-/m1/s1. The highest BCUT2D eigenvalue weighted by molar-refractivity contribution is 6.02. The minimum atomic E-state index is -0.740. The Bertz CT molecular complexity index is 1670. The van der Waals surface area contributed by atoms with Crippen molar-refractivity contribution < 1.29 is 23.4 Å². The molecular formula is C37H48F2N8O3. The summed E-state index contributed by atoms with van der Waals surface area (Å²) in [6.07, 6.45) is 7.41. The number of halogens is 2. The van der Waals surface area contributed by atoms with E-state index in [1.165, 1.54) is 25.2 Å². The summed E-state index contributed by atoms with van der Waals surface area (Å²) < 4.78 is 34.4. The van der Waals surface area contributed by atoms with Gasteiger partial charge < -0.3 is 30.7 Å². The Kier molecular flexibility index (Phi) is 11.1. The fourth-order valence-electron chi connectivity index (χ4n) is 7.46. The number of nitrogens with zero attached hydrogens (tertiary/aromatic N) is 5. The molecule has 2 aliphatic heterocycles. The first kappa shape index (κ1) is 35.5. The lowest BCUT2D eigenvalue weighted by Crippen LogP contribution is -2.61. The zero-order valence-corrected chi connectivity index (χ0v) is 29.0. The van der Waals surface area contributed by atoms with E-state index in [-0.39, 0.29) is 24.5 Å². The number of rotatable bonds is 13. The highest BCUT2D eigenvalue weighted by atomic mass is 19.1. The summed E-state index contributed by atoms with van der Waals surface area (Å²) in [4.78, 5) is 28.9. The van der Waals surface area contributed by atoms with Crippen LogP contribution in [-0.4, -0.2) is 94.8 Å². The van der Waals surface area contributed by atoms with E-state index in [1.54, 1.807) is 13.2 Å². The number of piperazine rings is 1. The summed E-state index contributed by atoms with van der Waals surface area (Å²) in [7, 11) is 1.59. The van der Waals surface area contributed by atoms with Gasteiger partial charge in [-0.15, -0.1) is 0 Å². The van der Waals surface area contributed by atoms with Gasteiger partial charge in [-0.3, -0.25) is 14.6 Å². The minimum Gasteiger partial charge on any atom is -0.494 e. The number of aliphatic hydroxyl groups excluding tert-OH is 1. The molecule has 6 rings (SSSR count). The maximum Gasteiger partial charge on any atom is 0.247 e. The summed E-state index contributed by atoms with van der Waals surface area (Å²) in [5.74, 6) is -0.235. The highest BCUT2D eigenvalue weighted by Gasteiger charge is 2.40. The first-order chi connectivity index (χ1) is 24.2. The number of hydrogen-bond donors (Lipinski definition) is 4. The first-order valence-electron chi connectivity index (χ1n) is 17.5. The molecule has 1 aromatic heterocycles. The summed E-state index contributed by atoms with van der Waals surface area (Å²) in [5.41, 5.74) is 2.09. The summed E-state index contributed by atoms with van der Waals surface area (Å²) in [6, 6.07) is 10.2. The van der Waals surface area contributed by atoms with Gasteiger partial charge in [0.15, 0.2) is 0 Å². The number of benzene rings is 2. The average Bonchev–Trinajstić information content (AvgIpc) is 3.96. The van der Waals surface area contributed by atoms with E-state index in [4.69, 9.17) is 4.74 Å². The largest absolute Gasteiger partial charge is 0.494 e. The molecule has 268 valence electrons. The molecule has 1 aliphatic carbocycles. The van der Waals surface area contributed by atoms with Crippen LogP contribution in [-0.2, 0) is 4.79 Å². The molecule has 1 amide bonds. The second-order valence-electron chi connectivity index (χ2n) is 13.6. The predicted octanol–water partition coefficient (Wildman–Crippen LogP) is 5.69. The maximum absolute atomic E-state index is 14.6. The third-order valence-electron chi connectivity index (χ3n) is 10.1. The number of hydrogen-bond acceptors (Lipinski definition) is 10. The van der Waals surface area contributed by atoms with Gasteiger partial charge in [0.1, 0.15) is 35.3 Å². The van der Waals surface area contributed by atoms with Gasteiger partial charge in [0.05, 0.1) is 30.2 Å². The maximum atomic E-state index is 14.6. The van der Waals surface area contributed by atoms with Crippen molar-refractivity contribution in [3.05, 3.63) is 72.6 Å². The molecular weight excluding hydrogens is 642 g/mol. The van der Waals surface area contributed by atoms with E-state index >= 15 is 0 Å². The van der Waals surface area contributed by atoms with Crippen LogP contribution in [0.1, 0.15) is 57.6 Å². The average molecular weight is 691 g/mol. The van der Waals surface area contributed by atoms with Crippen LogP contribution in [0.2, 0.25) is 0 Å². The molecule has 0 unspecified atom stereocenters. The second kappa shape index (κ2) is 15.7. The third-order valence-corrected chi connectivity index (χ3v) is 10.1. The van der Waals surface area contributed by atoms with Gasteiger partial charge >= 0.3 is 0 Å². The van der Waals surface area contributed by atoms with Crippen molar-refractivity contribution in [2.24, 2.45) is 0 Å². The molecule has 13 heteroatoms. The fraction of sp³-hybridized carbons (Fsp3) is 0.486. The van der Waals surface area contributed by atoms with Gasteiger partial charge in [-0.05, 0) is 76.3 Å². The number of nitrogens with one attached hydrogen (secondary N) is 3. The molecule has 3 atom stereocenters. The van der Waals surface area contributed by atoms with Crippen molar-refractivity contribution in [1.82, 2.24) is 19.8 Å². The van der Waals surface area contributed by atoms with Crippen LogP contribution in [0.25, 0.3) is 0 Å². The lowest BCUT2D eigenvalue weighted by Gasteiger charge is -2.49. The van der Waals surface area contributed by atoms with Crippen LogP contribution in [0.5, 0.6) is 5.75 Å². The number of amides is 1. The lowest BCUT2D eigenvalue weighted by atomic mass is 9.97. The normalized spacial score (nSPS) is 21.0. The molecule has 50 heavy (non-hydrogen) atoms. The molecule has 2 aromatic carbocycles. The summed E-state index contributed by atoms with van der Waals surface area (Å²) >= 11 is 0. The van der Waals surface area contributed by atoms with Gasteiger partial charge in [0.2, 0.25) is 5.91 Å². The number of carbonyl (C=O) groups is 1. The molecule has 11 nitrogen and oxygen atoms in total. The lowest BCUT2D eigenvalue weighted by molar-refractivity contribution is -0.111. The van der Waals surface area contributed by atoms with Gasteiger partial charge in [0, 0.05) is 74.6 Å². The van der Waals surface area contributed by atoms with Crippen molar-refractivity contribution in [3.8, 4) is 5.75 Å². The van der Waals surface area contributed by atoms with E-state index in [0.29, 0.717) is 46.9 Å². The van der Waals surface area contributed by atoms with Crippen LogP contribution >= 0.6 is 0 Å². The number of ether oxygens (including phenoxy) is 1. The van der Waals surface area contributed by atoms with Crippen LogP contribution in [0.15, 0.2) is 55.4 Å². The Morgan fingerprint density at radius 2 is 1.68 bits per heavy atom. The van der Waals surface area contributed by atoms with E-state index < -0.39 is 17.7 Å². The number of aromatic nitrogens is 2. The van der Waals surface area contributed by atoms with Crippen LogP contribution in [0.4, 0.5) is 37.5 Å². The molecule has 3 fully saturated rings. The van der Waals surface area contributed by atoms with Gasteiger partial charge in [-0.1, -0.05) is 6.58 Å². The van der Waals surface area contributed by atoms with Crippen LogP contribution < -0.4 is 25.6 Å². The zero-order valence-electron chi connectivity index (χ0n) is 29.0. The monoisotopic (exact) mass is 690 g/mol. The van der Waals surface area contributed by atoms with Crippen molar-refractivity contribution in [2.75, 3.05) is 60.7 Å². The number of methoxy groups -OCH3 is 1.